The van der Waals surface area contributed by atoms with Gasteiger partial charge in [-0.25, -0.2) is 4.98 Å². The van der Waals surface area contributed by atoms with Crippen LogP contribution in [0.1, 0.15) is 5.69 Å². The zero-order chi connectivity index (χ0) is 9.42. The highest BCUT2D eigenvalue weighted by atomic mass is 35.5. The van der Waals surface area contributed by atoms with E-state index in [9.17, 15) is 0 Å². The van der Waals surface area contributed by atoms with Crippen LogP contribution in [0.3, 0.4) is 0 Å². The first-order chi connectivity index (χ1) is 6.22. The highest BCUT2D eigenvalue weighted by molar-refractivity contribution is 6.33. The molecule has 0 saturated heterocycles. The topological polar surface area (TPSA) is 88.7 Å². The minimum Gasteiger partial charge on any atom is -0.380 e. The summed E-state index contributed by atoms with van der Waals surface area (Å²) in [5.41, 5.74) is 5.96. The molecule has 6 heteroatoms. The van der Waals surface area contributed by atoms with Gasteiger partial charge in [-0.05, 0) is 6.07 Å². The number of hydrogen-bond acceptors (Lipinski definition) is 5. The summed E-state index contributed by atoms with van der Waals surface area (Å²) >= 11 is 5.70. The lowest BCUT2D eigenvalue weighted by Gasteiger charge is -1.91. The van der Waals surface area contributed by atoms with Crippen LogP contribution in [-0.2, 0) is 0 Å². The number of nitrogen functional groups attached to an aromatic ring is 1. The van der Waals surface area contributed by atoms with Crippen LogP contribution in [0, 0.1) is 11.3 Å². The minimum absolute atomic E-state index is 0.0956. The second-order valence-electron chi connectivity index (χ2n) is 2.35. The third-order valence-electron chi connectivity index (χ3n) is 1.56. The molecule has 64 valence electrons. The highest BCUT2D eigenvalue weighted by Crippen LogP contribution is 2.26. The van der Waals surface area contributed by atoms with E-state index in [4.69, 9.17) is 27.1 Å². The van der Waals surface area contributed by atoms with Crippen molar-refractivity contribution in [1.29, 1.82) is 5.26 Å². The summed E-state index contributed by atoms with van der Waals surface area (Å²) in [5, 5.41) is 12.7. The molecule has 2 aromatic rings. The van der Waals surface area contributed by atoms with E-state index in [0.717, 1.165) is 0 Å². The zero-order valence-electron chi connectivity index (χ0n) is 6.28. The van der Waals surface area contributed by atoms with Gasteiger partial charge in [-0.3, -0.25) is 0 Å². The first kappa shape index (κ1) is 7.83. The van der Waals surface area contributed by atoms with Gasteiger partial charge in [0.2, 0.25) is 5.58 Å². The molecule has 2 heterocycles. The molecule has 0 aliphatic heterocycles. The first-order valence-corrected chi connectivity index (χ1v) is 3.71. The molecule has 0 aliphatic carbocycles. The maximum absolute atomic E-state index is 8.59. The average Bonchev–Trinajstić information content (AvgIpc) is 2.48. The molecule has 2 aromatic heterocycles. The number of pyridine rings is 1. The summed E-state index contributed by atoms with van der Waals surface area (Å²) in [7, 11) is 0. The normalized spacial score (nSPS) is 10.2. The molecular formula is C7H3ClN4O. The number of rotatable bonds is 0. The Balaban J connectivity index is 2.90. The number of fused-ring (bicyclic) bond motifs is 1. The van der Waals surface area contributed by atoms with E-state index < -0.39 is 0 Å². The molecule has 0 aromatic carbocycles. The molecule has 0 radical (unpaired) electrons. The monoisotopic (exact) mass is 194 g/mol. The maximum atomic E-state index is 8.59. The van der Waals surface area contributed by atoms with Crippen molar-refractivity contribution >= 4 is 28.4 Å². The molecular weight excluding hydrogens is 192 g/mol. The quantitative estimate of drug-likeness (QED) is 0.639. The largest absolute Gasteiger partial charge is 0.380 e. The van der Waals surface area contributed by atoms with Crippen LogP contribution in [0.15, 0.2) is 10.6 Å². The summed E-state index contributed by atoms with van der Waals surface area (Å²) < 4.78 is 4.80. The SMILES string of the molecule is N#Cc1cc2c(N)noc2c(Cl)n1. The van der Waals surface area contributed by atoms with E-state index >= 15 is 0 Å². The Morgan fingerprint density at radius 1 is 1.62 bits per heavy atom. The number of anilines is 1. The highest BCUT2D eigenvalue weighted by Gasteiger charge is 2.11. The van der Waals surface area contributed by atoms with Gasteiger partial charge < -0.3 is 10.3 Å². The minimum atomic E-state index is 0.0956. The lowest BCUT2D eigenvalue weighted by atomic mass is 10.3. The molecule has 2 rings (SSSR count). The first-order valence-electron chi connectivity index (χ1n) is 3.34. The van der Waals surface area contributed by atoms with E-state index in [0.29, 0.717) is 11.0 Å². The van der Waals surface area contributed by atoms with Crippen molar-refractivity contribution in [1.82, 2.24) is 10.1 Å². The molecule has 0 atom stereocenters. The van der Waals surface area contributed by atoms with Gasteiger partial charge >= 0.3 is 0 Å². The third-order valence-corrected chi connectivity index (χ3v) is 1.81. The molecule has 5 nitrogen and oxygen atoms in total. The summed E-state index contributed by atoms with van der Waals surface area (Å²) in [5.74, 6) is 0.204. The van der Waals surface area contributed by atoms with Crippen molar-refractivity contribution in [3.05, 3.63) is 16.9 Å². The van der Waals surface area contributed by atoms with Crippen LogP contribution >= 0.6 is 11.6 Å². The summed E-state index contributed by atoms with van der Waals surface area (Å²) in [4.78, 5) is 3.75. The predicted octanol–water partition coefficient (Wildman–Crippen LogP) is 1.33. The lowest BCUT2D eigenvalue weighted by Crippen LogP contribution is -1.86. The number of nitriles is 1. The van der Waals surface area contributed by atoms with Crippen LogP contribution in [0.25, 0.3) is 11.0 Å². The van der Waals surface area contributed by atoms with Gasteiger partial charge in [0, 0.05) is 0 Å². The van der Waals surface area contributed by atoms with Gasteiger partial charge in [-0.2, -0.15) is 5.26 Å². The lowest BCUT2D eigenvalue weighted by molar-refractivity contribution is 0.460. The van der Waals surface area contributed by atoms with Crippen molar-refractivity contribution in [2.45, 2.75) is 0 Å². The Morgan fingerprint density at radius 3 is 3.08 bits per heavy atom. The number of nitrogens with two attached hydrogens (primary N) is 1. The second kappa shape index (κ2) is 2.61. The van der Waals surface area contributed by atoms with Crippen molar-refractivity contribution < 1.29 is 4.52 Å². The molecule has 0 aliphatic rings. The molecule has 13 heavy (non-hydrogen) atoms. The number of nitrogens with zero attached hydrogens (tertiary/aromatic N) is 3. The fourth-order valence-electron chi connectivity index (χ4n) is 0.981. The third kappa shape index (κ3) is 1.08. The Morgan fingerprint density at radius 2 is 2.38 bits per heavy atom. The maximum Gasteiger partial charge on any atom is 0.206 e. The number of halogens is 1. The summed E-state index contributed by atoms with van der Waals surface area (Å²) in [6.45, 7) is 0. The Labute approximate surface area is 77.7 Å². The van der Waals surface area contributed by atoms with Crippen molar-refractivity contribution in [3.8, 4) is 6.07 Å². The molecule has 0 bridgehead atoms. The molecule has 0 fully saturated rings. The van der Waals surface area contributed by atoms with E-state index in [2.05, 4.69) is 10.1 Å². The van der Waals surface area contributed by atoms with Gasteiger partial charge in [0.1, 0.15) is 11.8 Å². The van der Waals surface area contributed by atoms with Crippen molar-refractivity contribution in [2.24, 2.45) is 0 Å². The fourth-order valence-corrected chi connectivity index (χ4v) is 1.21. The van der Waals surface area contributed by atoms with Crippen LogP contribution in [0.4, 0.5) is 5.82 Å². The molecule has 0 spiro atoms. The second-order valence-corrected chi connectivity index (χ2v) is 2.71. The van der Waals surface area contributed by atoms with E-state index in [1.54, 1.807) is 0 Å². The number of hydrogen-bond donors (Lipinski definition) is 1. The van der Waals surface area contributed by atoms with Gasteiger partial charge in [-0.15, -0.1) is 0 Å². The van der Waals surface area contributed by atoms with Gasteiger partial charge in [0.05, 0.1) is 5.39 Å². The van der Waals surface area contributed by atoms with Crippen molar-refractivity contribution in [2.75, 3.05) is 5.73 Å². The van der Waals surface area contributed by atoms with Crippen LogP contribution in [0.2, 0.25) is 5.15 Å². The van der Waals surface area contributed by atoms with E-state index in [1.807, 2.05) is 6.07 Å². The Hall–Kier alpha value is -1.80. The van der Waals surface area contributed by atoms with Gasteiger partial charge in [-0.1, -0.05) is 16.8 Å². The number of aromatic nitrogens is 2. The molecule has 0 saturated carbocycles. The van der Waals surface area contributed by atoms with Crippen LogP contribution in [0.5, 0.6) is 0 Å². The van der Waals surface area contributed by atoms with Gasteiger partial charge in [0.15, 0.2) is 11.0 Å². The summed E-state index contributed by atoms with van der Waals surface area (Å²) in [6.07, 6.45) is 0. The standard InChI is InChI=1S/C7H3ClN4O/c8-6-5-4(7(10)12-13-5)1-3(2-9)11-6/h1H,(H2,10,12). The van der Waals surface area contributed by atoms with Gasteiger partial charge in [0.25, 0.3) is 0 Å². The Kier molecular flexibility index (Phi) is 1.57. The fraction of sp³-hybridized carbons (Fsp3) is 0. The zero-order valence-corrected chi connectivity index (χ0v) is 7.04. The smallest absolute Gasteiger partial charge is 0.206 e. The summed E-state index contributed by atoms with van der Waals surface area (Å²) in [6, 6.07) is 3.34. The van der Waals surface area contributed by atoms with Crippen LogP contribution < -0.4 is 5.73 Å². The molecule has 2 N–H and O–H groups in total. The van der Waals surface area contributed by atoms with Crippen LogP contribution in [-0.4, -0.2) is 10.1 Å². The average molecular weight is 195 g/mol. The van der Waals surface area contributed by atoms with E-state index in [1.165, 1.54) is 6.07 Å². The predicted molar refractivity (Wildman–Crippen MR) is 45.9 cm³/mol. The molecule has 0 amide bonds. The van der Waals surface area contributed by atoms with Crippen molar-refractivity contribution in [3.63, 3.8) is 0 Å². The molecule has 0 unspecified atom stereocenters. The Bertz CT molecular complexity index is 513. The van der Waals surface area contributed by atoms with E-state index in [-0.39, 0.29) is 16.7 Å².